The van der Waals surface area contributed by atoms with E-state index in [-0.39, 0.29) is 6.03 Å². The minimum Gasteiger partial charge on any atom is -0.486 e. The quantitative estimate of drug-likeness (QED) is 0.841. The van der Waals surface area contributed by atoms with Crippen LogP contribution in [0.1, 0.15) is 18.1 Å². The van der Waals surface area contributed by atoms with Gasteiger partial charge in [-0.3, -0.25) is 0 Å². The summed E-state index contributed by atoms with van der Waals surface area (Å²) in [6, 6.07) is 9.06. The van der Waals surface area contributed by atoms with E-state index in [1.165, 1.54) is 0 Å². The molecule has 0 bridgehead atoms. The summed E-state index contributed by atoms with van der Waals surface area (Å²) in [5.74, 6) is 1.99. The van der Waals surface area contributed by atoms with Crippen molar-refractivity contribution in [1.29, 1.82) is 0 Å². The molecular formula is C18H21N3O4. The molecule has 7 heteroatoms. The summed E-state index contributed by atoms with van der Waals surface area (Å²) in [6.45, 7) is 4.26. The van der Waals surface area contributed by atoms with Gasteiger partial charge in [-0.15, -0.1) is 0 Å². The Kier molecular flexibility index (Phi) is 5.56. The monoisotopic (exact) mass is 343 g/mol. The number of carbonyl (C=O) groups is 1. The second kappa shape index (κ2) is 8.23. The van der Waals surface area contributed by atoms with Crippen LogP contribution in [0.2, 0.25) is 0 Å². The topological polar surface area (TPSA) is 81.7 Å². The number of amides is 2. The summed E-state index contributed by atoms with van der Waals surface area (Å²) in [7, 11) is 0. The number of rotatable bonds is 6. The Hall–Kier alpha value is -2.96. The van der Waals surface area contributed by atoms with Gasteiger partial charge in [-0.05, 0) is 30.7 Å². The molecule has 0 fully saturated rings. The van der Waals surface area contributed by atoms with E-state index >= 15 is 0 Å². The molecule has 1 aliphatic rings. The fourth-order valence-electron chi connectivity index (χ4n) is 2.44. The van der Waals surface area contributed by atoms with Gasteiger partial charge in [0.1, 0.15) is 13.2 Å². The van der Waals surface area contributed by atoms with E-state index in [2.05, 4.69) is 15.6 Å². The van der Waals surface area contributed by atoms with Crippen molar-refractivity contribution in [3.8, 4) is 17.4 Å². The Morgan fingerprint density at radius 1 is 1.16 bits per heavy atom. The fraction of sp³-hybridized carbons (Fsp3) is 0.333. The van der Waals surface area contributed by atoms with Crippen LogP contribution in [0.3, 0.4) is 0 Å². The normalized spacial score (nSPS) is 12.4. The first-order valence-electron chi connectivity index (χ1n) is 8.23. The number of hydrogen-bond acceptors (Lipinski definition) is 5. The van der Waals surface area contributed by atoms with Crippen molar-refractivity contribution < 1.29 is 19.0 Å². The lowest BCUT2D eigenvalue weighted by molar-refractivity contribution is 0.171. The maximum absolute atomic E-state index is 12.0. The minimum absolute atomic E-state index is 0.263. The Labute approximate surface area is 146 Å². The minimum atomic E-state index is -0.263. The highest BCUT2D eigenvalue weighted by atomic mass is 16.6. The number of carbonyl (C=O) groups excluding carboxylic acids is 1. The van der Waals surface area contributed by atoms with E-state index in [0.29, 0.717) is 44.5 Å². The third kappa shape index (κ3) is 4.53. The van der Waals surface area contributed by atoms with Crippen molar-refractivity contribution in [3.63, 3.8) is 0 Å². The molecule has 132 valence electrons. The molecule has 1 aliphatic heterocycles. The molecule has 2 amide bonds. The van der Waals surface area contributed by atoms with Crippen LogP contribution in [0.4, 0.5) is 4.79 Å². The zero-order valence-corrected chi connectivity index (χ0v) is 14.1. The van der Waals surface area contributed by atoms with Gasteiger partial charge in [0, 0.05) is 24.8 Å². The number of fused-ring (bicyclic) bond motifs is 1. The summed E-state index contributed by atoms with van der Waals surface area (Å²) in [4.78, 5) is 16.2. The zero-order chi connectivity index (χ0) is 17.5. The van der Waals surface area contributed by atoms with Gasteiger partial charge in [-0.25, -0.2) is 9.78 Å². The molecular weight excluding hydrogens is 322 g/mol. The van der Waals surface area contributed by atoms with Crippen molar-refractivity contribution in [3.05, 3.63) is 47.7 Å². The molecule has 1 aromatic heterocycles. The van der Waals surface area contributed by atoms with E-state index < -0.39 is 0 Å². The maximum Gasteiger partial charge on any atom is 0.315 e. The molecule has 2 N–H and O–H groups in total. The van der Waals surface area contributed by atoms with Crippen LogP contribution in [-0.2, 0) is 13.1 Å². The van der Waals surface area contributed by atoms with Crippen LogP contribution in [0, 0.1) is 0 Å². The highest BCUT2D eigenvalue weighted by molar-refractivity contribution is 5.73. The number of urea groups is 1. The van der Waals surface area contributed by atoms with Gasteiger partial charge in [-0.2, -0.15) is 0 Å². The summed E-state index contributed by atoms with van der Waals surface area (Å²) < 4.78 is 16.5. The van der Waals surface area contributed by atoms with Crippen molar-refractivity contribution in [2.24, 2.45) is 0 Å². The lowest BCUT2D eigenvalue weighted by Gasteiger charge is -2.19. The van der Waals surface area contributed by atoms with E-state index in [1.807, 2.05) is 37.3 Å². The average molecular weight is 343 g/mol. The van der Waals surface area contributed by atoms with Gasteiger partial charge in [0.25, 0.3) is 0 Å². The van der Waals surface area contributed by atoms with Gasteiger partial charge in [0.2, 0.25) is 5.88 Å². The number of benzene rings is 1. The first-order chi connectivity index (χ1) is 12.3. The fourth-order valence-corrected chi connectivity index (χ4v) is 2.44. The molecule has 7 nitrogen and oxygen atoms in total. The predicted octanol–water partition coefficient (Wildman–Crippen LogP) is 2.25. The van der Waals surface area contributed by atoms with Gasteiger partial charge in [0.15, 0.2) is 11.5 Å². The number of nitrogens with one attached hydrogen (secondary N) is 2. The number of hydrogen-bond donors (Lipinski definition) is 2. The Bertz CT molecular complexity index is 736. The van der Waals surface area contributed by atoms with Gasteiger partial charge in [-0.1, -0.05) is 12.1 Å². The second-order valence-electron chi connectivity index (χ2n) is 5.41. The number of pyridine rings is 1. The molecule has 25 heavy (non-hydrogen) atoms. The number of aromatic nitrogens is 1. The van der Waals surface area contributed by atoms with E-state index in [9.17, 15) is 4.79 Å². The summed E-state index contributed by atoms with van der Waals surface area (Å²) in [6.07, 6.45) is 1.66. The van der Waals surface area contributed by atoms with E-state index in [1.54, 1.807) is 6.20 Å². The largest absolute Gasteiger partial charge is 0.486 e. The highest BCUT2D eigenvalue weighted by Gasteiger charge is 2.12. The van der Waals surface area contributed by atoms with E-state index in [4.69, 9.17) is 14.2 Å². The van der Waals surface area contributed by atoms with Crippen LogP contribution >= 0.6 is 0 Å². The Balaban J connectivity index is 1.50. The zero-order valence-electron chi connectivity index (χ0n) is 14.1. The van der Waals surface area contributed by atoms with Crippen LogP contribution in [0.25, 0.3) is 0 Å². The van der Waals surface area contributed by atoms with Gasteiger partial charge < -0.3 is 24.8 Å². The van der Waals surface area contributed by atoms with Crippen LogP contribution in [-0.4, -0.2) is 30.8 Å². The summed E-state index contributed by atoms with van der Waals surface area (Å²) in [5.41, 5.74) is 1.77. The smallest absolute Gasteiger partial charge is 0.315 e. The second-order valence-corrected chi connectivity index (χ2v) is 5.41. The van der Waals surface area contributed by atoms with Gasteiger partial charge in [0.05, 0.1) is 6.61 Å². The number of nitrogens with zero attached hydrogens (tertiary/aromatic N) is 1. The Morgan fingerprint density at radius 3 is 2.80 bits per heavy atom. The molecule has 1 aromatic carbocycles. The lowest BCUT2D eigenvalue weighted by Crippen LogP contribution is -2.34. The molecule has 0 spiro atoms. The van der Waals surface area contributed by atoms with Crippen LogP contribution < -0.4 is 24.8 Å². The average Bonchev–Trinajstić information content (AvgIpc) is 2.66. The molecule has 0 aliphatic carbocycles. The first-order valence-corrected chi connectivity index (χ1v) is 8.23. The maximum atomic E-state index is 12.0. The molecule has 2 aromatic rings. The Morgan fingerprint density at radius 2 is 1.96 bits per heavy atom. The van der Waals surface area contributed by atoms with Crippen molar-refractivity contribution in [2.45, 2.75) is 20.0 Å². The van der Waals surface area contributed by atoms with Crippen molar-refractivity contribution in [2.75, 3.05) is 19.8 Å². The molecule has 3 rings (SSSR count). The first kappa shape index (κ1) is 16.9. The standard InChI is InChI=1S/C18H21N3O4/c1-2-23-17-14(4-3-7-19-17)12-21-18(22)20-11-13-5-6-15-16(10-13)25-9-8-24-15/h3-7,10H,2,8-9,11-12H2,1H3,(H2,20,21,22). The summed E-state index contributed by atoms with van der Waals surface area (Å²) >= 11 is 0. The van der Waals surface area contributed by atoms with E-state index in [0.717, 1.165) is 16.9 Å². The SMILES string of the molecule is CCOc1ncccc1CNC(=O)NCc1ccc2c(c1)OCCO2. The molecule has 0 radical (unpaired) electrons. The third-order valence-electron chi connectivity index (χ3n) is 3.63. The molecule has 0 atom stereocenters. The highest BCUT2D eigenvalue weighted by Crippen LogP contribution is 2.30. The molecule has 0 saturated carbocycles. The van der Waals surface area contributed by atoms with Crippen molar-refractivity contribution >= 4 is 6.03 Å². The van der Waals surface area contributed by atoms with Gasteiger partial charge >= 0.3 is 6.03 Å². The lowest BCUT2D eigenvalue weighted by atomic mass is 10.2. The molecule has 0 unspecified atom stereocenters. The van der Waals surface area contributed by atoms with Crippen LogP contribution in [0.15, 0.2) is 36.5 Å². The third-order valence-corrected chi connectivity index (χ3v) is 3.63. The molecule has 0 saturated heterocycles. The number of ether oxygens (including phenoxy) is 3. The van der Waals surface area contributed by atoms with Crippen LogP contribution in [0.5, 0.6) is 17.4 Å². The molecule has 2 heterocycles. The summed E-state index contributed by atoms with van der Waals surface area (Å²) in [5, 5.41) is 5.62. The van der Waals surface area contributed by atoms with Crippen molar-refractivity contribution in [1.82, 2.24) is 15.6 Å². The predicted molar refractivity (Wildman–Crippen MR) is 91.9 cm³/mol.